The SMILES string of the molecule is C=C1CCC(N2Cc3cc(CCC(=O)Cc4ccc(C(C)C)cc4)ccc3C2=O)C(=O)N1. The molecule has 0 aromatic heterocycles. The van der Waals surface area contributed by atoms with Crippen LogP contribution in [-0.4, -0.2) is 28.5 Å². The summed E-state index contributed by atoms with van der Waals surface area (Å²) in [4.78, 5) is 39.3. The van der Waals surface area contributed by atoms with Crippen molar-refractivity contribution in [2.24, 2.45) is 0 Å². The minimum atomic E-state index is -0.451. The Morgan fingerprint density at radius 2 is 1.84 bits per heavy atom. The van der Waals surface area contributed by atoms with Crippen molar-refractivity contribution < 1.29 is 14.4 Å². The van der Waals surface area contributed by atoms with Gasteiger partial charge < -0.3 is 10.2 Å². The van der Waals surface area contributed by atoms with E-state index in [1.54, 1.807) is 4.90 Å². The van der Waals surface area contributed by atoms with Gasteiger partial charge in [-0.25, -0.2) is 0 Å². The van der Waals surface area contributed by atoms with Gasteiger partial charge in [0.2, 0.25) is 5.91 Å². The van der Waals surface area contributed by atoms with Crippen LogP contribution in [0.25, 0.3) is 0 Å². The molecule has 2 amide bonds. The van der Waals surface area contributed by atoms with Crippen LogP contribution in [-0.2, 0) is 29.0 Å². The van der Waals surface area contributed by atoms with Crippen molar-refractivity contribution in [1.82, 2.24) is 10.2 Å². The number of carbonyl (C=O) groups excluding carboxylic acids is 3. The Morgan fingerprint density at radius 3 is 2.53 bits per heavy atom. The molecule has 166 valence electrons. The molecule has 0 bridgehead atoms. The van der Waals surface area contributed by atoms with Gasteiger partial charge in [0.1, 0.15) is 11.8 Å². The van der Waals surface area contributed by atoms with Gasteiger partial charge in [-0.05, 0) is 53.5 Å². The van der Waals surface area contributed by atoms with E-state index in [4.69, 9.17) is 0 Å². The van der Waals surface area contributed by atoms with E-state index in [2.05, 4.69) is 37.9 Å². The van der Waals surface area contributed by atoms with Gasteiger partial charge in [0.05, 0.1) is 0 Å². The van der Waals surface area contributed by atoms with E-state index in [-0.39, 0.29) is 17.6 Å². The highest BCUT2D eigenvalue weighted by molar-refractivity contribution is 6.01. The van der Waals surface area contributed by atoms with Crippen LogP contribution in [0.5, 0.6) is 0 Å². The molecule has 1 unspecified atom stereocenters. The predicted molar refractivity (Wildman–Crippen MR) is 124 cm³/mol. The van der Waals surface area contributed by atoms with Crippen molar-refractivity contribution in [2.75, 3.05) is 0 Å². The third kappa shape index (κ3) is 4.67. The zero-order valence-electron chi connectivity index (χ0n) is 18.8. The zero-order valence-corrected chi connectivity index (χ0v) is 18.8. The lowest BCUT2D eigenvalue weighted by atomic mass is 9.97. The highest BCUT2D eigenvalue weighted by Gasteiger charge is 2.38. The van der Waals surface area contributed by atoms with Gasteiger partial charge >= 0.3 is 0 Å². The number of fused-ring (bicyclic) bond motifs is 1. The first-order valence-corrected chi connectivity index (χ1v) is 11.3. The first-order chi connectivity index (χ1) is 15.3. The second-order valence-corrected chi connectivity index (χ2v) is 9.18. The molecule has 0 radical (unpaired) electrons. The van der Waals surface area contributed by atoms with Crippen LogP contribution in [0, 0.1) is 0 Å². The molecular weight excluding hydrogens is 400 g/mol. The van der Waals surface area contributed by atoms with Crippen LogP contribution in [0.3, 0.4) is 0 Å². The molecule has 1 atom stereocenters. The minimum absolute atomic E-state index is 0.0971. The number of amides is 2. The van der Waals surface area contributed by atoms with Crippen LogP contribution in [0.2, 0.25) is 0 Å². The zero-order chi connectivity index (χ0) is 22.8. The first kappa shape index (κ1) is 22.0. The number of aryl methyl sites for hydroxylation is 1. The Balaban J connectivity index is 1.35. The summed E-state index contributed by atoms with van der Waals surface area (Å²) < 4.78 is 0. The molecule has 2 aromatic rings. The van der Waals surface area contributed by atoms with Crippen LogP contribution in [0.15, 0.2) is 54.7 Å². The third-order valence-electron chi connectivity index (χ3n) is 6.44. The Morgan fingerprint density at radius 1 is 1.12 bits per heavy atom. The van der Waals surface area contributed by atoms with Crippen molar-refractivity contribution >= 4 is 17.6 Å². The summed E-state index contributed by atoms with van der Waals surface area (Å²) in [6.45, 7) is 8.55. The fraction of sp³-hybridized carbons (Fsp3) is 0.370. The minimum Gasteiger partial charge on any atom is -0.329 e. The number of Topliss-reactive ketones (excluding diaryl/α,β-unsaturated/α-hetero) is 1. The second kappa shape index (κ2) is 9.11. The molecule has 5 nitrogen and oxygen atoms in total. The molecule has 2 aliphatic rings. The van der Waals surface area contributed by atoms with Crippen molar-refractivity contribution in [3.05, 3.63) is 82.6 Å². The lowest BCUT2D eigenvalue weighted by Gasteiger charge is -2.30. The number of nitrogens with zero attached hydrogens (tertiary/aromatic N) is 1. The quantitative estimate of drug-likeness (QED) is 0.712. The summed E-state index contributed by atoms with van der Waals surface area (Å²) in [6, 6.07) is 13.6. The van der Waals surface area contributed by atoms with Crippen molar-refractivity contribution in [3.63, 3.8) is 0 Å². The van der Waals surface area contributed by atoms with Crippen LogP contribution >= 0.6 is 0 Å². The summed E-state index contributed by atoms with van der Waals surface area (Å²) in [5, 5.41) is 2.76. The smallest absolute Gasteiger partial charge is 0.255 e. The third-order valence-corrected chi connectivity index (χ3v) is 6.44. The van der Waals surface area contributed by atoms with Gasteiger partial charge in [-0.15, -0.1) is 0 Å². The largest absolute Gasteiger partial charge is 0.329 e. The Labute approximate surface area is 189 Å². The van der Waals surface area contributed by atoms with E-state index in [0.29, 0.717) is 55.8 Å². The highest BCUT2D eigenvalue weighted by Crippen LogP contribution is 2.29. The average molecular weight is 431 g/mol. The summed E-state index contributed by atoms with van der Waals surface area (Å²) in [5.41, 5.74) is 5.66. The number of rotatable bonds is 7. The summed E-state index contributed by atoms with van der Waals surface area (Å²) >= 11 is 0. The van der Waals surface area contributed by atoms with E-state index >= 15 is 0 Å². The fourth-order valence-electron chi connectivity index (χ4n) is 4.48. The maximum Gasteiger partial charge on any atom is 0.255 e. The molecular formula is C27H30N2O3. The van der Waals surface area contributed by atoms with E-state index in [1.807, 2.05) is 30.3 Å². The van der Waals surface area contributed by atoms with Crippen LogP contribution in [0.1, 0.15) is 71.6 Å². The molecule has 1 fully saturated rings. The molecule has 0 aliphatic carbocycles. The monoisotopic (exact) mass is 430 g/mol. The molecule has 4 rings (SSSR count). The Bertz CT molecular complexity index is 1070. The number of ketones is 1. The standard InChI is InChI=1S/C27H30N2O3/c1-17(2)21-9-5-20(6-10-21)15-23(30)11-7-19-8-12-24-22(14-19)16-29(27(24)32)25-13-4-18(3)28-26(25)31/h5-6,8-10,12,14,17,25H,3-4,7,11,13,15-16H2,1-2H3,(H,28,31). The maximum absolute atomic E-state index is 12.8. The molecule has 5 heteroatoms. The van der Waals surface area contributed by atoms with Gasteiger partial charge in [-0.1, -0.05) is 56.8 Å². The lowest BCUT2D eigenvalue weighted by molar-refractivity contribution is -0.126. The van der Waals surface area contributed by atoms with Gasteiger partial charge in [0, 0.05) is 30.6 Å². The molecule has 1 N–H and O–H groups in total. The van der Waals surface area contributed by atoms with E-state index in [0.717, 1.165) is 16.7 Å². The fourth-order valence-corrected chi connectivity index (χ4v) is 4.48. The molecule has 0 spiro atoms. The van der Waals surface area contributed by atoms with Crippen molar-refractivity contribution in [3.8, 4) is 0 Å². The number of carbonyl (C=O) groups is 3. The van der Waals surface area contributed by atoms with Gasteiger partial charge in [0.15, 0.2) is 0 Å². The molecule has 1 saturated heterocycles. The number of nitrogens with one attached hydrogen (secondary N) is 1. The maximum atomic E-state index is 12.8. The first-order valence-electron chi connectivity index (χ1n) is 11.3. The van der Waals surface area contributed by atoms with Crippen molar-refractivity contribution in [1.29, 1.82) is 0 Å². The van der Waals surface area contributed by atoms with Crippen LogP contribution in [0.4, 0.5) is 0 Å². The Kier molecular flexibility index (Phi) is 6.26. The molecule has 2 aliphatic heterocycles. The number of allylic oxidation sites excluding steroid dienone is 1. The normalized spacial score (nSPS) is 18.2. The van der Waals surface area contributed by atoms with E-state index in [9.17, 15) is 14.4 Å². The van der Waals surface area contributed by atoms with E-state index < -0.39 is 6.04 Å². The number of piperidine rings is 1. The highest BCUT2D eigenvalue weighted by atomic mass is 16.2. The molecule has 32 heavy (non-hydrogen) atoms. The predicted octanol–water partition coefficient (Wildman–Crippen LogP) is 4.30. The number of benzene rings is 2. The lowest BCUT2D eigenvalue weighted by Crippen LogP contribution is -2.49. The van der Waals surface area contributed by atoms with Gasteiger partial charge in [-0.2, -0.15) is 0 Å². The van der Waals surface area contributed by atoms with Crippen LogP contribution < -0.4 is 5.32 Å². The molecule has 2 heterocycles. The second-order valence-electron chi connectivity index (χ2n) is 9.18. The van der Waals surface area contributed by atoms with Crippen molar-refractivity contribution in [2.45, 2.75) is 64.5 Å². The number of hydrogen-bond donors (Lipinski definition) is 1. The van der Waals surface area contributed by atoms with E-state index in [1.165, 1.54) is 5.56 Å². The summed E-state index contributed by atoms with van der Waals surface area (Å²) in [5.74, 6) is 0.434. The topological polar surface area (TPSA) is 66.5 Å². The van der Waals surface area contributed by atoms with Gasteiger partial charge in [0.25, 0.3) is 5.91 Å². The Hall–Kier alpha value is -3.21. The summed E-state index contributed by atoms with van der Waals surface area (Å²) in [6.07, 6.45) is 2.84. The summed E-state index contributed by atoms with van der Waals surface area (Å²) in [7, 11) is 0. The average Bonchev–Trinajstić information content (AvgIpc) is 3.08. The molecule has 0 saturated carbocycles. The number of hydrogen-bond acceptors (Lipinski definition) is 3. The molecule has 2 aromatic carbocycles. The van der Waals surface area contributed by atoms with Gasteiger partial charge in [-0.3, -0.25) is 14.4 Å².